The van der Waals surface area contributed by atoms with Crippen LogP contribution >= 0.6 is 0 Å². The molecule has 0 saturated carbocycles. The topological polar surface area (TPSA) is 46.1 Å². The fourth-order valence-corrected chi connectivity index (χ4v) is 2.44. The summed E-state index contributed by atoms with van der Waals surface area (Å²) in [5.41, 5.74) is 2.83. The Morgan fingerprint density at radius 3 is 2.84 bits per heavy atom. The van der Waals surface area contributed by atoms with Gasteiger partial charge in [-0.1, -0.05) is 12.1 Å². The number of aromatic nitrogens is 2. The number of rotatable bonds is 3. The van der Waals surface area contributed by atoms with Gasteiger partial charge in [-0.3, -0.25) is 14.8 Å². The standard InChI is InChI=1S/C15H15N3O/c1-2-11-8-15(19)18(9-11)10-12-3-4-13-14(7-12)17-6-5-16-13/h2-7,11H,1,8-10H2. The molecule has 0 bridgehead atoms. The molecule has 1 aromatic carbocycles. The molecule has 4 nitrogen and oxygen atoms in total. The molecule has 1 saturated heterocycles. The SMILES string of the molecule is C=CC1CC(=O)N(Cc2ccc3nccnc3c2)C1. The van der Waals surface area contributed by atoms with Gasteiger partial charge >= 0.3 is 0 Å². The van der Waals surface area contributed by atoms with Crippen molar-refractivity contribution in [1.29, 1.82) is 0 Å². The van der Waals surface area contributed by atoms with Crippen LogP contribution in [0.2, 0.25) is 0 Å². The molecule has 1 aliphatic rings. The minimum Gasteiger partial charge on any atom is -0.338 e. The summed E-state index contributed by atoms with van der Waals surface area (Å²) in [7, 11) is 0. The molecule has 96 valence electrons. The van der Waals surface area contributed by atoms with Crippen LogP contribution in [0.1, 0.15) is 12.0 Å². The Labute approximate surface area is 111 Å². The molecule has 1 aromatic heterocycles. The second kappa shape index (κ2) is 4.80. The van der Waals surface area contributed by atoms with Gasteiger partial charge in [-0.15, -0.1) is 6.58 Å². The third-order valence-corrected chi connectivity index (χ3v) is 3.48. The van der Waals surface area contributed by atoms with Crippen LogP contribution in [0.15, 0.2) is 43.2 Å². The van der Waals surface area contributed by atoms with Crippen LogP contribution in [-0.4, -0.2) is 27.3 Å². The van der Waals surface area contributed by atoms with Crippen LogP contribution in [-0.2, 0) is 11.3 Å². The Morgan fingerprint density at radius 1 is 1.32 bits per heavy atom. The quantitative estimate of drug-likeness (QED) is 0.787. The van der Waals surface area contributed by atoms with Gasteiger partial charge in [0.1, 0.15) is 0 Å². The van der Waals surface area contributed by atoms with Gasteiger partial charge in [-0.05, 0) is 17.7 Å². The first kappa shape index (κ1) is 11.8. The van der Waals surface area contributed by atoms with E-state index >= 15 is 0 Å². The molecule has 1 atom stereocenters. The van der Waals surface area contributed by atoms with Crippen LogP contribution in [0.5, 0.6) is 0 Å². The van der Waals surface area contributed by atoms with Gasteiger partial charge in [-0.2, -0.15) is 0 Å². The second-order valence-electron chi connectivity index (χ2n) is 4.85. The summed E-state index contributed by atoms with van der Waals surface area (Å²) < 4.78 is 0. The number of carbonyl (C=O) groups excluding carboxylic acids is 1. The monoisotopic (exact) mass is 253 g/mol. The van der Waals surface area contributed by atoms with Crippen LogP contribution in [0.3, 0.4) is 0 Å². The summed E-state index contributed by atoms with van der Waals surface area (Å²) in [6.07, 6.45) is 5.81. The van der Waals surface area contributed by atoms with Crippen molar-refractivity contribution in [2.24, 2.45) is 5.92 Å². The molecule has 4 heteroatoms. The second-order valence-corrected chi connectivity index (χ2v) is 4.85. The highest BCUT2D eigenvalue weighted by Crippen LogP contribution is 2.21. The van der Waals surface area contributed by atoms with Crippen molar-refractivity contribution >= 4 is 16.9 Å². The Kier molecular flexibility index (Phi) is 2.99. The lowest BCUT2D eigenvalue weighted by molar-refractivity contribution is -0.128. The molecule has 0 aliphatic carbocycles. The zero-order chi connectivity index (χ0) is 13.2. The Balaban J connectivity index is 1.82. The van der Waals surface area contributed by atoms with E-state index in [1.54, 1.807) is 12.4 Å². The van der Waals surface area contributed by atoms with Crippen molar-refractivity contribution in [3.8, 4) is 0 Å². The summed E-state index contributed by atoms with van der Waals surface area (Å²) in [5.74, 6) is 0.483. The summed E-state index contributed by atoms with van der Waals surface area (Å²) in [4.78, 5) is 22.3. The van der Waals surface area contributed by atoms with Crippen molar-refractivity contribution in [3.05, 3.63) is 48.8 Å². The third kappa shape index (κ3) is 2.34. The normalized spacial score (nSPS) is 19.1. The first-order chi connectivity index (χ1) is 9.26. The molecular formula is C15H15N3O. The van der Waals surface area contributed by atoms with Crippen LogP contribution in [0, 0.1) is 5.92 Å². The lowest BCUT2D eigenvalue weighted by atomic mass is 10.1. The van der Waals surface area contributed by atoms with E-state index in [4.69, 9.17) is 0 Å². The van der Waals surface area contributed by atoms with E-state index in [2.05, 4.69) is 16.5 Å². The number of hydrogen-bond acceptors (Lipinski definition) is 3. The molecule has 2 aromatic rings. The summed E-state index contributed by atoms with van der Waals surface area (Å²) in [6.45, 7) is 5.16. The van der Waals surface area contributed by atoms with Gasteiger partial charge < -0.3 is 4.90 Å². The summed E-state index contributed by atoms with van der Waals surface area (Å²) in [5, 5.41) is 0. The zero-order valence-corrected chi connectivity index (χ0v) is 10.6. The van der Waals surface area contributed by atoms with Gasteiger partial charge in [0.05, 0.1) is 11.0 Å². The number of nitrogens with zero attached hydrogens (tertiary/aromatic N) is 3. The molecule has 2 heterocycles. The number of fused-ring (bicyclic) bond motifs is 1. The number of amides is 1. The van der Waals surface area contributed by atoms with Crippen LogP contribution in [0.25, 0.3) is 11.0 Å². The highest BCUT2D eigenvalue weighted by Gasteiger charge is 2.27. The molecule has 1 fully saturated rings. The largest absolute Gasteiger partial charge is 0.338 e. The van der Waals surface area contributed by atoms with E-state index in [1.165, 1.54) is 0 Å². The number of likely N-dealkylation sites (tertiary alicyclic amines) is 1. The average Bonchev–Trinajstić information content (AvgIpc) is 2.79. The fourth-order valence-electron chi connectivity index (χ4n) is 2.44. The first-order valence-electron chi connectivity index (χ1n) is 6.36. The highest BCUT2D eigenvalue weighted by molar-refractivity contribution is 5.79. The van der Waals surface area contributed by atoms with Crippen molar-refractivity contribution in [1.82, 2.24) is 14.9 Å². The molecule has 3 rings (SSSR count). The van der Waals surface area contributed by atoms with Gasteiger partial charge in [-0.25, -0.2) is 0 Å². The van der Waals surface area contributed by atoms with E-state index < -0.39 is 0 Å². The lowest BCUT2D eigenvalue weighted by Crippen LogP contribution is -2.24. The van der Waals surface area contributed by atoms with Gasteiger partial charge in [0, 0.05) is 37.8 Å². The summed E-state index contributed by atoms with van der Waals surface area (Å²) in [6, 6.07) is 5.95. The van der Waals surface area contributed by atoms with E-state index in [0.29, 0.717) is 13.0 Å². The highest BCUT2D eigenvalue weighted by atomic mass is 16.2. The Bertz CT molecular complexity index is 638. The van der Waals surface area contributed by atoms with Crippen LogP contribution < -0.4 is 0 Å². The maximum Gasteiger partial charge on any atom is 0.223 e. The molecule has 1 aliphatic heterocycles. The number of benzene rings is 1. The smallest absolute Gasteiger partial charge is 0.223 e. The van der Waals surface area contributed by atoms with E-state index in [9.17, 15) is 4.79 Å². The first-order valence-corrected chi connectivity index (χ1v) is 6.36. The third-order valence-electron chi connectivity index (χ3n) is 3.48. The van der Waals surface area contributed by atoms with Crippen molar-refractivity contribution in [3.63, 3.8) is 0 Å². The van der Waals surface area contributed by atoms with Gasteiger partial charge in [0.25, 0.3) is 0 Å². The molecule has 0 radical (unpaired) electrons. The van der Waals surface area contributed by atoms with Gasteiger partial charge in [0.15, 0.2) is 0 Å². The molecule has 19 heavy (non-hydrogen) atoms. The number of hydrogen-bond donors (Lipinski definition) is 0. The van der Waals surface area contributed by atoms with Crippen molar-refractivity contribution < 1.29 is 4.79 Å². The molecule has 0 N–H and O–H groups in total. The predicted molar refractivity (Wildman–Crippen MR) is 73.3 cm³/mol. The van der Waals surface area contributed by atoms with Crippen LogP contribution in [0.4, 0.5) is 0 Å². The Hall–Kier alpha value is -2.23. The predicted octanol–water partition coefficient (Wildman–Crippen LogP) is 2.16. The minimum absolute atomic E-state index is 0.198. The van der Waals surface area contributed by atoms with Crippen molar-refractivity contribution in [2.45, 2.75) is 13.0 Å². The summed E-state index contributed by atoms with van der Waals surface area (Å²) >= 11 is 0. The average molecular weight is 253 g/mol. The van der Waals surface area contributed by atoms with Crippen molar-refractivity contribution in [2.75, 3.05) is 6.54 Å². The lowest BCUT2D eigenvalue weighted by Gasteiger charge is -2.16. The molecule has 1 unspecified atom stereocenters. The fraction of sp³-hybridized carbons (Fsp3) is 0.267. The molecule has 1 amide bonds. The van der Waals surface area contributed by atoms with E-state index in [1.807, 2.05) is 29.2 Å². The molecule has 0 spiro atoms. The maximum absolute atomic E-state index is 11.9. The van der Waals surface area contributed by atoms with E-state index in [-0.39, 0.29) is 11.8 Å². The minimum atomic E-state index is 0.198. The van der Waals surface area contributed by atoms with E-state index in [0.717, 1.165) is 23.1 Å². The maximum atomic E-state index is 11.9. The molecular weight excluding hydrogens is 238 g/mol. The zero-order valence-electron chi connectivity index (χ0n) is 10.6. The number of carbonyl (C=O) groups is 1. The Morgan fingerprint density at radius 2 is 2.11 bits per heavy atom. The van der Waals surface area contributed by atoms with Gasteiger partial charge in [0.2, 0.25) is 5.91 Å².